The van der Waals surface area contributed by atoms with E-state index in [1.807, 2.05) is 0 Å². The molecule has 0 unspecified atom stereocenters. The summed E-state index contributed by atoms with van der Waals surface area (Å²) < 4.78 is 35.7. The van der Waals surface area contributed by atoms with Crippen molar-refractivity contribution in [3.05, 3.63) is 23.8 Å². The van der Waals surface area contributed by atoms with Crippen molar-refractivity contribution in [2.75, 3.05) is 17.6 Å². The van der Waals surface area contributed by atoms with Crippen molar-refractivity contribution in [3.8, 4) is 0 Å². The number of halogens is 3. The molecule has 0 atom stereocenters. The highest BCUT2D eigenvalue weighted by atomic mass is 19.4. The highest BCUT2D eigenvalue weighted by Crippen LogP contribution is 2.24. The molecular weight excluding hydrogens is 193 g/mol. The van der Waals surface area contributed by atoms with Crippen LogP contribution in [-0.2, 0) is 0 Å². The molecule has 3 N–H and O–H groups in total. The van der Waals surface area contributed by atoms with Crippen LogP contribution in [0.3, 0.4) is 0 Å². The Kier molecular flexibility index (Phi) is 2.88. The van der Waals surface area contributed by atoms with E-state index in [2.05, 4.69) is 5.32 Å². The molecule has 0 aliphatic heterocycles. The Labute approximate surface area is 79.9 Å². The molecule has 5 heteroatoms. The van der Waals surface area contributed by atoms with Crippen LogP contribution in [0.25, 0.3) is 0 Å². The molecule has 14 heavy (non-hydrogen) atoms. The van der Waals surface area contributed by atoms with Gasteiger partial charge in [-0.25, -0.2) is 0 Å². The van der Waals surface area contributed by atoms with Gasteiger partial charge in [-0.1, -0.05) is 12.1 Å². The number of para-hydroxylation sites is 1. The molecule has 0 fully saturated rings. The van der Waals surface area contributed by atoms with Gasteiger partial charge in [0.25, 0.3) is 0 Å². The predicted molar refractivity (Wildman–Crippen MR) is 50.1 cm³/mol. The number of nitrogen functional groups attached to an aromatic ring is 1. The lowest BCUT2D eigenvalue weighted by molar-refractivity contribution is -0.115. The lowest BCUT2D eigenvalue weighted by Gasteiger charge is -2.13. The van der Waals surface area contributed by atoms with Gasteiger partial charge >= 0.3 is 6.18 Å². The Morgan fingerprint density at radius 1 is 1.36 bits per heavy atom. The third-order valence-corrected chi connectivity index (χ3v) is 1.77. The molecule has 2 nitrogen and oxygen atoms in total. The minimum atomic E-state index is -4.23. The SMILES string of the molecule is Cc1cccc(N)c1NCC(F)(F)F. The summed E-state index contributed by atoms with van der Waals surface area (Å²) >= 11 is 0. The number of benzene rings is 1. The average Bonchev–Trinajstić information content (AvgIpc) is 2.01. The zero-order chi connectivity index (χ0) is 10.8. The Morgan fingerprint density at radius 3 is 2.50 bits per heavy atom. The molecule has 0 aromatic heterocycles. The Bertz CT molecular complexity index is 300. The van der Waals surface area contributed by atoms with Crippen LogP contribution in [0.1, 0.15) is 5.56 Å². The highest BCUT2D eigenvalue weighted by molar-refractivity contribution is 5.69. The van der Waals surface area contributed by atoms with Gasteiger partial charge in [0.15, 0.2) is 0 Å². The summed E-state index contributed by atoms with van der Waals surface area (Å²) in [5.74, 6) is 0. The largest absolute Gasteiger partial charge is 0.405 e. The maximum atomic E-state index is 11.9. The normalized spacial score (nSPS) is 11.4. The van der Waals surface area contributed by atoms with Gasteiger partial charge in [0.05, 0.1) is 11.4 Å². The van der Waals surface area contributed by atoms with Gasteiger partial charge in [-0.05, 0) is 18.6 Å². The number of aryl methyl sites for hydroxylation is 1. The molecule has 1 aromatic rings. The van der Waals surface area contributed by atoms with Crippen LogP contribution in [-0.4, -0.2) is 12.7 Å². The molecule has 0 bridgehead atoms. The fourth-order valence-corrected chi connectivity index (χ4v) is 1.12. The first-order chi connectivity index (χ1) is 6.40. The van der Waals surface area contributed by atoms with Crippen LogP contribution in [0.5, 0.6) is 0 Å². The molecule has 0 saturated carbocycles. The van der Waals surface area contributed by atoms with E-state index in [0.717, 1.165) is 0 Å². The van der Waals surface area contributed by atoms with Crippen molar-refractivity contribution < 1.29 is 13.2 Å². The molecule has 0 aliphatic carbocycles. The Balaban J connectivity index is 2.77. The predicted octanol–water partition coefficient (Wildman–Crippen LogP) is 2.55. The van der Waals surface area contributed by atoms with Crippen molar-refractivity contribution in [1.82, 2.24) is 0 Å². The molecule has 0 radical (unpaired) electrons. The average molecular weight is 204 g/mol. The summed E-state index contributed by atoms with van der Waals surface area (Å²) in [5.41, 5.74) is 6.90. The van der Waals surface area contributed by atoms with Crippen molar-refractivity contribution in [1.29, 1.82) is 0 Å². The Morgan fingerprint density at radius 2 is 2.00 bits per heavy atom. The van der Waals surface area contributed by atoms with E-state index in [1.54, 1.807) is 25.1 Å². The topological polar surface area (TPSA) is 38.0 Å². The molecule has 1 rings (SSSR count). The lowest BCUT2D eigenvalue weighted by atomic mass is 10.1. The summed E-state index contributed by atoms with van der Waals surface area (Å²) in [6, 6.07) is 4.96. The van der Waals surface area contributed by atoms with Gasteiger partial charge in [0.1, 0.15) is 6.54 Å². The first-order valence-corrected chi connectivity index (χ1v) is 4.06. The summed E-state index contributed by atoms with van der Waals surface area (Å²) in [4.78, 5) is 0. The van der Waals surface area contributed by atoms with Crippen molar-refractivity contribution in [3.63, 3.8) is 0 Å². The standard InChI is InChI=1S/C9H11F3N2/c1-6-3-2-4-7(13)8(6)14-5-9(10,11)12/h2-4,14H,5,13H2,1H3. The second-order valence-electron chi connectivity index (χ2n) is 3.01. The summed E-state index contributed by atoms with van der Waals surface area (Å²) in [7, 11) is 0. The van der Waals surface area contributed by atoms with Gasteiger partial charge in [0, 0.05) is 0 Å². The van der Waals surface area contributed by atoms with E-state index in [-0.39, 0.29) is 0 Å². The minimum Gasteiger partial charge on any atom is -0.397 e. The lowest BCUT2D eigenvalue weighted by Crippen LogP contribution is -2.22. The number of hydrogen-bond acceptors (Lipinski definition) is 2. The van der Waals surface area contributed by atoms with E-state index in [1.165, 1.54) is 0 Å². The maximum absolute atomic E-state index is 11.9. The zero-order valence-corrected chi connectivity index (χ0v) is 7.65. The quantitative estimate of drug-likeness (QED) is 0.726. The second-order valence-corrected chi connectivity index (χ2v) is 3.01. The van der Waals surface area contributed by atoms with Crippen LogP contribution in [0, 0.1) is 6.92 Å². The molecular formula is C9H11F3N2. The van der Waals surface area contributed by atoms with Gasteiger partial charge < -0.3 is 11.1 Å². The molecule has 0 spiro atoms. The molecule has 0 aliphatic rings. The smallest absolute Gasteiger partial charge is 0.397 e. The van der Waals surface area contributed by atoms with Crippen molar-refractivity contribution in [2.24, 2.45) is 0 Å². The van der Waals surface area contributed by atoms with E-state index in [9.17, 15) is 13.2 Å². The first-order valence-electron chi connectivity index (χ1n) is 4.06. The van der Waals surface area contributed by atoms with Gasteiger partial charge in [-0.15, -0.1) is 0 Å². The van der Waals surface area contributed by atoms with Crippen LogP contribution >= 0.6 is 0 Å². The van der Waals surface area contributed by atoms with E-state index >= 15 is 0 Å². The van der Waals surface area contributed by atoms with Gasteiger partial charge in [-0.3, -0.25) is 0 Å². The Hall–Kier alpha value is -1.39. The second kappa shape index (κ2) is 3.77. The monoisotopic (exact) mass is 204 g/mol. The van der Waals surface area contributed by atoms with Crippen LogP contribution in [0.4, 0.5) is 24.5 Å². The number of rotatable bonds is 2. The molecule has 0 amide bonds. The van der Waals surface area contributed by atoms with Crippen LogP contribution in [0.2, 0.25) is 0 Å². The molecule has 78 valence electrons. The van der Waals surface area contributed by atoms with E-state index < -0.39 is 12.7 Å². The minimum absolute atomic E-state index is 0.328. The van der Waals surface area contributed by atoms with Gasteiger partial charge in [0.2, 0.25) is 0 Å². The summed E-state index contributed by atoms with van der Waals surface area (Å²) in [5, 5.41) is 2.27. The summed E-state index contributed by atoms with van der Waals surface area (Å²) in [6.45, 7) is 0.636. The fraction of sp³-hybridized carbons (Fsp3) is 0.333. The van der Waals surface area contributed by atoms with Crippen molar-refractivity contribution >= 4 is 11.4 Å². The third-order valence-electron chi connectivity index (χ3n) is 1.77. The molecule has 0 heterocycles. The third kappa shape index (κ3) is 2.83. The number of hydrogen-bond donors (Lipinski definition) is 2. The number of nitrogens with two attached hydrogens (primary N) is 1. The van der Waals surface area contributed by atoms with Crippen LogP contribution < -0.4 is 11.1 Å². The van der Waals surface area contributed by atoms with E-state index in [4.69, 9.17) is 5.73 Å². The maximum Gasteiger partial charge on any atom is 0.405 e. The highest BCUT2D eigenvalue weighted by Gasteiger charge is 2.27. The number of alkyl halides is 3. The molecule has 0 saturated heterocycles. The van der Waals surface area contributed by atoms with E-state index in [0.29, 0.717) is 16.9 Å². The van der Waals surface area contributed by atoms with Gasteiger partial charge in [-0.2, -0.15) is 13.2 Å². The number of nitrogens with one attached hydrogen (secondary N) is 1. The first kappa shape index (κ1) is 10.7. The zero-order valence-electron chi connectivity index (χ0n) is 7.65. The number of anilines is 2. The van der Waals surface area contributed by atoms with Crippen molar-refractivity contribution in [2.45, 2.75) is 13.1 Å². The fourth-order valence-electron chi connectivity index (χ4n) is 1.12. The molecule has 1 aromatic carbocycles. The van der Waals surface area contributed by atoms with Crippen LogP contribution in [0.15, 0.2) is 18.2 Å². The summed E-state index contributed by atoms with van der Waals surface area (Å²) in [6.07, 6.45) is -4.23.